The van der Waals surface area contributed by atoms with Crippen molar-refractivity contribution in [1.29, 1.82) is 0 Å². The topological polar surface area (TPSA) is 104 Å². The van der Waals surface area contributed by atoms with Crippen LogP contribution in [0.2, 0.25) is 0 Å². The Kier molecular flexibility index (Phi) is 4.41. The lowest BCUT2D eigenvalue weighted by Gasteiger charge is -2.44. The first-order valence-electron chi connectivity index (χ1n) is 8.18. The largest absolute Gasteiger partial charge is 0.477 e. The molecule has 1 aromatic rings. The number of allylic oxidation sites excluding steroid dienone is 1. The molecule has 3 rings (SSSR count). The van der Waals surface area contributed by atoms with Gasteiger partial charge in [0.15, 0.2) is 0 Å². The summed E-state index contributed by atoms with van der Waals surface area (Å²) in [6, 6.07) is 6.23. The van der Waals surface area contributed by atoms with Crippen molar-refractivity contribution < 1.29 is 29.3 Å². The molecule has 2 N–H and O–H groups in total. The second-order valence-electron chi connectivity index (χ2n) is 6.48. The maximum Gasteiger partial charge on any atom is 0.352 e. The molecule has 7 heteroatoms. The summed E-state index contributed by atoms with van der Waals surface area (Å²) in [6.45, 7) is 6.80. The predicted octanol–water partition coefficient (Wildman–Crippen LogP) is 1.58. The number of carbonyl (C=O) groups excluding carboxylic acids is 2. The van der Waals surface area contributed by atoms with Crippen molar-refractivity contribution in [1.82, 2.24) is 4.90 Å². The first-order valence-corrected chi connectivity index (χ1v) is 8.18. The van der Waals surface area contributed by atoms with E-state index in [1.54, 1.807) is 24.3 Å². The van der Waals surface area contributed by atoms with Crippen LogP contribution in [0.15, 0.2) is 42.1 Å². The minimum atomic E-state index is -1.21. The van der Waals surface area contributed by atoms with E-state index in [0.717, 1.165) is 0 Å². The zero-order chi connectivity index (χ0) is 19.2. The number of aliphatic carboxylic acids is 1. The van der Waals surface area contributed by atoms with E-state index in [2.05, 4.69) is 6.58 Å². The van der Waals surface area contributed by atoms with Crippen molar-refractivity contribution in [3.63, 3.8) is 0 Å². The van der Waals surface area contributed by atoms with Gasteiger partial charge in [0.05, 0.1) is 18.1 Å². The highest BCUT2D eigenvalue weighted by molar-refractivity contribution is 6.03. The number of fused-ring (bicyclic) bond motifs is 1. The maximum atomic E-state index is 12.3. The van der Waals surface area contributed by atoms with Crippen molar-refractivity contribution in [3.8, 4) is 5.75 Å². The number of hydrogen-bond acceptors (Lipinski definition) is 5. The SMILES string of the molecule is C=C(C1=C(C(=O)O)N2C(=O)[C@H]([C@@H](C)O)[C@H]2C1)c1cccc(OC(C)=O)c1. The molecule has 0 bridgehead atoms. The highest BCUT2D eigenvalue weighted by Crippen LogP contribution is 2.47. The average molecular weight is 357 g/mol. The van der Waals surface area contributed by atoms with E-state index in [0.29, 0.717) is 28.9 Å². The van der Waals surface area contributed by atoms with Gasteiger partial charge in [0.2, 0.25) is 5.91 Å². The van der Waals surface area contributed by atoms with E-state index in [9.17, 15) is 24.6 Å². The van der Waals surface area contributed by atoms with Crippen LogP contribution in [0.5, 0.6) is 5.75 Å². The molecule has 26 heavy (non-hydrogen) atoms. The molecule has 1 amide bonds. The summed E-state index contributed by atoms with van der Waals surface area (Å²) in [7, 11) is 0. The molecule has 1 aromatic carbocycles. The van der Waals surface area contributed by atoms with Crippen LogP contribution >= 0.6 is 0 Å². The Balaban J connectivity index is 1.95. The zero-order valence-electron chi connectivity index (χ0n) is 14.4. The fourth-order valence-electron chi connectivity index (χ4n) is 3.63. The van der Waals surface area contributed by atoms with Gasteiger partial charge >= 0.3 is 11.9 Å². The molecule has 2 aliphatic heterocycles. The Labute approximate surface area is 150 Å². The van der Waals surface area contributed by atoms with Gasteiger partial charge in [0.25, 0.3) is 0 Å². The van der Waals surface area contributed by atoms with Crippen LogP contribution in [0.4, 0.5) is 0 Å². The molecule has 0 aromatic heterocycles. The number of amides is 1. The molecular formula is C19H19NO6. The summed E-state index contributed by atoms with van der Waals surface area (Å²) in [5, 5.41) is 19.4. The van der Waals surface area contributed by atoms with Crippen molar-refractivity contribution >= 4 is 23.4 Å². The van der Waals surface area contributed by atoms with Gasteiger partial charge in [-0.05, 0) is 42.2 Å². The third kappa shape index (κ3) is 2.80. The molecular weight excluding hydrogens is 338 g/mol. The second kappa shape index (κ2) is 6.42. The fourth-order valence-corrected chi connectivity index (χ4v) is 3.63. The van der Waals surface area contributed by atoms with Crippen LogP contribution < -0.4 is 4.74 Å². The summed E-state index contributed by atoms with van der Waals surface area (Å²) in [5.74, 6) is -2.35. The van der Waals surface area contributed by atoms with Gasteiger partial charge < -0.3 is 19.8 Å². The number of carbonyl (C=O) groups is 3. The number of esters is 1. The minimum absolute atomic E-state index is 0.0974. The summed E-state index contributed by atoms with van der Waals surface area (Å²) in [6.07, 6.45) is -0.543. The van der Waals surface area contributed by atoms with Crippen LogP contribution in [-0.2, 0) is 14.4 Å². The number of β-lactam (4-membered cyclic amide) rings is 1. The molecule has 0 spiro atoms. The van der Waals surface area contributed by atoms with Gasteiger partial charge in [0, 0.05) is 6.92 Å². The molecule has 3 atom stereocenters. The number of hydrogen-bond donors (Lipinski definition) is 2. The van der Waals surface area contributed by atoms with E-state index in [4.69, 9.17) is 4.74 Å². The smallest absolute Gasteiger partial charge is 0.352 e. The monoisotopic (exact) mass is 357 g/mol. The second-order valence-corrected chi connectivity index (χ2v) is 6.48. The fraction of sp³-hybridized carbons (Fsp3) is 0.316. The summed E-state index contributed by atoms with van der Waals surface area (Å²) in [5.41, 5.74) is 1.39. The minimum Gasteiger partial charge on any atom is -0.477 e. The number of rotatable bonds is 5. The number of benzene rings is 1. The van der Waals surface area contributed by atoms with Crippen LogP contribution in [0.25, 0.3) is 5.57 Å². The van der Waals surface area contributed by atoms with E-state index in [1.807, 2.05) is 0 Å². The van der Waals surface area contributed by atoms with Crippen molar-refractivity contribution in [2.24, 2.45) is 5.92 Å². The molecule has 2 aliphatic rings. The van der Waals surface area contributed by atoms with Gasteiger partial charge in [0.1, 0.15) is 11.4 Å². The van der Waals surface area contributed by atoms with Crippen molar-refractivity contribution in [3.05, 3.63) is 47.7 Å². The van der Waals surface area contributed by atoms with Crippen LogP contribution in [-0.4, -0.2) is 45.1 Å². The lowest BCUT2D eigenvalue weighted by molar-refractivity contribution is -0.161. The van der Waals surface area contributed by atoms with Gasteiger partial charge in [-0.15, -0.1) is 0 Å². The number of aliphatic hydroxyl groups excluding tert-OH is 1. The summed E-state index contributed by atoms with van der Waals surface area (Å²) in [4.78, 5) is 36.4. The first kappa shape index (κ1) is 17.9. The molecule has 0 saturated carbocycles. The lowest BCUT2D eigenvalue weighted by Crippen LogP contribution is -2.61. The highest BCUT2D eigenvalue weighted by atomic mass is 16.5. The predicted molar refractivity (Wildman–Crippen MR) is 91.9 cm³/mol. The van der Waals surface area contributed by atoms with Gasteiger partial charge in [-0.3, -0.25) is 9.59 Å². The normalized spacial score (nSPS) is 22.6. The van der Waals surface area contributed by atoms with E-state index in [1.165, 1.54) is 18.7 Å². The number of ether oxygens (including phenoxy) is 1. The number of carboxylic acid groups (broad SMARTS) is 1. The highest BCUT2D eigenvalue weighted by Gasteiger charge is 2.56. The molecule has 0 aliphatic carbocycles. The molecule has 7 nitrogen and oxygen atoms in total. The molecule has 1 saturated heterocycles. The van der Waals surface area contributed by atoms with E-state index >= 15 is 0 Å². The standard InChI is InChI=1S/C19H19NO6/c1-9(12-5-4-6-13(7-12)26-11(3)22)14-8-15-16(10(2)21)18(23)20(15)17(14)19(24)25/h4-7,10,15-16,21H,1,8H2,2-3H3,(H,24,25)/t10-,15-,16-/m1/s1. The number of carboxylic acids is 1. The van der Waals surface area contributed by atoms with Gasteiger partial charge in [-0.2, -0.15) is 0 Å². The van der Waals surface area contributed by atoms with E-state index in [-0.39, 0.29) is 17.6 Å². The van der Waals surface area contributed by atoms with Crippen LogP contribution in [0, 0.1) is 5.92 Å². The van der Waals surface area contributed by atoms with Crippen LogP contribution in [0.3, 0.4) is 0 Å². The molecule has 0 unspecified atom stereocenters. The molecule has 1 fully saturated rings. The third-order valence-electron chi connectivity index (χ3n) is 4.74. The summed E-state index contributed by atoms with van der Waals surface area (Å²) < 4.78 is 5.05. The Morgan fingerprint density at radius 1 is 1.38 bits per heavy atom. The zero-order valence-corrected chi connectivity index (χ0v) is 14.4. The van der Waals surface area contributed by atoms with Crippen molar-refractivity contribution in [2.45, 2.75) is 32.4 Å². The Hall–Kier alpha value is -2.93. The molecule has 0 radical (unpaired) electrons. The van der Waals surface area contributed by atoms with Crippen LogP contribution in [0.1, 0.15) is 25.8 Å². The van der Waals surface area contributed by atoms with Gasteiger partial charge in [-0.25, -0.2) is 4.79 Å². The molecule has 2 heterocycles. The number of aliphatic hydroxyl groups is 1. The Morgan fingerprint density at radius 2 is 2.08 bits per heavy atom. The third-order valence-corrected chi connectivity index (χ3v) is 4.74. The van der Waals surface area contributed by atoms with Gasteiger partial charge in [-0.1, -0.05) is 18.7 Å². The average Bonchev–Trinajstić information content (AvgIpc) is 2.88. The Morgan fingerprint density at radius 3 is 2.65 bits per heavy atom. The Bertz CT molecular complexity index is 853. The first-order chi connectivity index (χ1) is 12.2. The lowest BCUT2D eigenvalue weighted by atomic mass is 9.82. The van der Waals surface area contributed by atoms with E-state index < -0.39 is 24.0 Å². The molecule has 136 valence electrons. The summed E-state index contributed by atoms with van der Waals surface area (Å²) >= 11 is 0. The quantitative estimate of drug-likeness (QED) is 0.471. The van der Waals surface area contributed by atoms with Crippen molar-refractivity contribution in [2.75, 3.05) is 0 Å². The number of nitrogens with zero attached hydrogens (tertiary/aromatic N) is 1. The maximum absolute atomic E-state index is 12.3.